The second-order valence-corrected chi connectivity index (χ2v) is 5.02. The average molecular weight is 327 g/mol. The molecule has 22 heavy (non-hydrogen) atoms. The lowest BCUT2D eigenvalue weighted by atomic mass is 10.1. The van der Waals surface area contributed by atoms with Crippen molar-refractivity contribution in [3.05, 3.63) is 56.1 Å². The van der Waals surface area contributed by atoms with Gasteiger partial charge in [0, 0.05) is 25.4 Å². The number of halogens is 2. The van der Waals surface area contributed by atoms with Gasteiger partial charge in [-0.3, -0.25) is 14.2 Å². The van der Waals surface area contributed by atoms with Gasteiger partial charge in [0.15, 0.2) is 0 Å². The van der Waals surface area contributed by atoms with E-state index in [1.165, 1.54) is 25.4 Å². The molecule has 2 rings (SSSR count). The molecule has 0 atom stereocenters. The molecule has 0 aliphatic carbocycles. The first-order chi connectivity index (χ1) is 10.3. The van der Waals surface area contributed by atoms with Crippen LogP contribution in [-0.4, -0.2) is 20.2 Å². The van der Waals surface area contributed by atoms with E-state index in [0.717, 1.165) is 15.2 Å². The quantitative estimate of drug-likeness (QED) is 0.922. The van der Waals surface area contributed by atoms with E-state index < -0.39 is 23.0 Å². The Bertz CT molecular complexity index is 857. The van der Waals surface area contributed by atoms with Crippen molar-refractivity contribution in [2.45, 2.75) is 13.0 Å². The lowest BCUT2D eigenvalue weighted by molar-refractivity contribution is -0.137. The highest BCUT2D eigenvalue weighted by Gasteiger charge is 2.16. The molecule has 0 aliphatic heterocycles. The maximum atomic E-state index is 13.5. The molecule has 0 bridgehead atoms. The fourth-order valence-corrected chi connectivity index (χ4v) is 2.26. The highest BCUT2D eigenvalue weighted by atomic mass is 35.5. The Labute approximate surface area is 129 Å². The van der Waals surface area contributed by atoms with Crippen LogP contribution in [0.5, 0.6) is 0 Å². The van der Waals surface area contributed by atoms with Gasteiger partial charge in [-0.2, -0.15) is 0 Å². The summed E-state index contributed by atoms with van der Waals surface area (Å²) in [5, 5.41) is 8.46. The zero-order valence-electron chi connectivity index (χ0n) is 11.5. The number of hydrogen-bond acceptors (Lipinski definition) is 3. The van der Waals surface area contributed by atoms with E-state index in [2.05, 4.69) is 0 Å². The van der Waals surface area contributed by atoms with Gasteiger partial charge in [0.25, 0.3) is 5.56 Å². The molecular formula is C14H12ClFN2O4. The van der Waals surface area contributed by atoms with E-state index in [1.807, 2.05) is 0 Å². The summed E-state index contributed by atoms with van der Waals surface area (Å²) in [6, 6.07) is 3.99. The third kappa shape index (κ3) is 2.94. The zero-order valence-corrected chi connectivity index (χ0v) is 12.3. The van der Waals surface area contributed by atoms with Crippen molar-refractivity contribution in [1.82, 2.24) is 9.13 Å². The van der Waals surface area contributed by atoms with Crippen LogP contribution < -0.4 is 11.2 Å². The predicted octanol–water partition coefficient (Wildman–Crippen LogP) is 1.48. The monoisotopic (exact) mass is 326 g/mol. The number of aryl methyl sites for hydroxylation is 1. The molecule has 0 saturated carbocycles. The fourth-order valence-electron chi connectivity index (χ4n) is 2.03. The van der Waals surface area contributed by atoms with E-state index in [4.69, 9.17) is 16.7 Å². The van der Waals surface area contributed by atoms with Crippen LogP contribution in [-0.2, 0) is 18.4 Å². The van der Waals surface area contributed by atoms with Gasteiger partial charge < -0.3 is 9.67 Å². The van der Waals surface area contributed by atoms with Crippen molar-refractivity contribution in [3.63, 3.8) is 0 Å². The Kier molecular flexibility index (Phi) is 4.46. The van der Waals surface area contributed by atoms with E-state index in [-0.39, 0.29) is 29.1 Å². The summed E-state index contributed by atoms with van der Waals surface area (Å²) in [5.74, 6) is -1.83. The fraction of sp³-hybridized carbons (Fsp3) is 0.214. The summed E-state index contributed by atoms with van der Waals surface area (Å²) < 4.78 is 15.5. The van der Waals surface area contributed by atoms with E-state index >= 15 is 0 Å². The Hall–Kier alpha value is -2.41. The molecule has 8 heteroatoms. The molecule has 0 amide bonds. The van der Waals surface area contributed by atoms with Crippen LogP contribution in [0.3, 0.4) is 0 Å². The van der Waals surface area contributed by atoms with Gasteiger partial charge in [0.1, 0.15) is 5.82 Å². The molecule has 1 aromatic carbocycles. The smallest absolute Gasteiger partial charge is 0.330 e. The minimum atomic E-state index is -1.14. The van der Waals surface area contributed by atoms with Crippen LogP contribution in [0.1, 0.15) is 6.42 Å². The molecule has 116 valence electrons. The molecular weight excluding hydrogens is 315 g/mol. The summed E-state index contributed by atoms with van der Waals surface area (Å²) in [4.78, 5) is 35.0. The molecule has 1 N–H and O–H groups in total. The second kappa shape index (κ2) is 6.15. The summed E-state index contributed by atoms with van der Waals surface area (Å²) in [6.45, 7) is -0.276. The van der Waals surface area contributed by atoms with Crippen molar-refractivity contribution < 1.29 is 14.3 Å². The third-order valence-electron chi connectivity index (χ3n) is 3.12. The molecule has 0 radical (unpaired) electrons. The molecule has 1 heterocycles. The molecule has 0 unspecified atom stereocenters. The summed E-state index contributed by atoms with van der Waals surface area (Å²) >= 11 is 5.87. The Morgan fingerprint density at radius 3 is 2.64 bits per heavy atom. The van der Waals surface area contributed by atoms with E-state index in [9.17, 15) is 18.8 Å². The van der Waals surface area contributed by atoms with E-state index in [1.54, 1.807) is 0 Å². The van der Waals surface area contributed by atoms with Crippen LogP contribution in [0, 0.1) is 5.82 Å². The molecule has 1 aromatic heterocycles. The first-order valence-electron chi connectivity index (χ1n) is 6.29. The Morgan fingerprint density at radius 1 is 1.32 bits per heavy atom. The minimum Gasteiger partial charge on any atom is -0.481 e. The topological polar surface area (TPSA) is 81.3 Å². The average Bonchev–Trinajstić information content (AvgIpc) is 2.46. The number of hydrogen-bond donors (Lipinski definition) is 1. The van der Waals surface area contributed by atoms with Gasteiger partial charge in [-0.05, 0) is 6.07 Å². The number of carbonyl (C=O) groups is 1. The first-order valence-corrected chi connectivity index (χ1v) is 6.67. The maximum absolute atomic E-state index is 13.5. The van der Waals surface area contributed by atoms with Crippen molar-refractivity contribution >= 4 is 17.6 Å². The van der Waals surface area contributed by atoms with Crippen molar-refractivity contribution in [1.29, 1.82) is 0 Å². The number of carboxylic acids is 1. The van der Waals surface area contributed by atoms with Crippen LogP contribution in [0.4, 0.5) is 4.39 Å². The van der Waals surface area contributed by atoms with E-state index in [0.29, 0.717) is 0 Å². The minimum absolute atomic E-state index is 0.0250. The molecule has 0 fully saturated rings. The number of nitrogens with zero attached hydrogens (tertiary/aromatic N) is 2. The van der Waals surface area contributed by atoms with Crippen LogP contribution in [0.2, 0.25) is 5.02 Å². The highest BCUT2D eigenvalue weighted by Crippen LogP contribution is 2.27. The number of benzene rings is 1. The Morgan fingerprint density at radius 2 is 2.00 bits per heavy atom. The van der Waals surface area contributed by atoms with Gasteiger partial charge in [0.2, 0.25) is 0 Å². The van der Waals surface area contributed by atoms with Crippen LogP contribution in [0.15, 0.2) is 34.0 Å². The van der Waals surface area contributed by atoms with Gasteiger partial charge >= 0.3 is 11.7 Å². The second-order valence-electron chi connectivity index (χ2n) is 4.64. The van der Waals surface area contributed by atoms with Crippen molar-refractivity contribution in [2.75, 3.05) is 0 Å². The normalized spacial score (nSPS) is 10.7. The maximum Gasteiger partial charge on any atom is 0.330 e. The summed E-state index contributed by atoms with van der Waals surface area (Å²) in [7, 11) is 1.41. The number of rotatable bonds is 4. The summed E-state index contributed by atoms with van der Waals surface area (Å²) in [6.07, 6.45) is 0.873. The number of aliphatic carboxylic acids is 1. The molecule has 2 aromatic rings. The molecule has 0 spiro atoms. The SMILES string of the molecule is Cn1cc(-c2cccc(F)c2Cl)c(=O)n(CCC(=O)O)c1=O. The van der Waals surface area contributed by atoms with Crippen LogP contribution in [0.25, 0.3) is 11.1 Å². The largest absolute Gasteiger partial charge is 0.481 e. The molecule has 0 saturated heterocycles. The lowest BCUT2D eigenvalue weighted by Gasteiger charge is -2.11. The lowest BCUT2D eigenvalue weighted by Crippen LogP contribution is -2.39. The zero-order chi connectivity index (χ0) is 16.4. The summed E-state index contributed by atoms with van der Waals surface area (Å²) in [5.41, 5.74) is -1.19. The standard InChI is InChI=1S/C14H12ClFN2O4/c1-17-7-9(8-3-2-4-10(16)12(8)15)13(21)18(14(17)22)6-5-11(19)20/h2-4,7H,5-6H2,1H3,(H,19,20). The van der Waals surface area contributed by atoms with Gasteiger partial charge in [-0.25, -0.2) is 9.18 Å². The first kappa shape index (κ1) is 16.0. The third-order valence-corrected chi connectivity index (χ3v) is 3.51. The van der Waals surface area contributed by atoms with Crippen LogP contribution >= 0.6 is 11.6 Å². The number of carboxylic acid groups (broad SMARTS) is 1. The highest BCUT2D eigenvalue weighted by molar-refractivity contribution is 6.33. The van der Waals surface area contributed by atoms with Crippen molar-refractivity contribution in [2.24, 2.45) is 7.05 Å². The van der Waals surface area contributed by atoms with Gasteiger partial charge in [0.05, 0.1) is 17.0 Å². The predicted molar refractivity (Wildman–Crippen MR) is 78.6 cm³/mol. The Balaban J connectivity index is 2.68. The van der Waals surface area contributed by atoms with Gasteiger partial charge in [-0.15, -0.1) is 0 Å². The molecule has 6 nitrogen and oxygen atoms in total. The number of aromatic nitrogens is 2. The molecule has 0 aliphatic rings. The van der Waals surface area contributed by atoms with Crippen molar-refractivity contribution in [3.8, 4) is 11.1 Å². The van der Waals surface area contributed by atoms with Gasteiger partial charge in [-0.1, -0.05) is 23.7 Å².